The van der Waals surface area contributed by atoms with E-state index >= 15 is 0 Å². The first-order valence-electron chi connectivity index (χ1n) is 12.5. The number of nitrogens with zero attached hydrogens (tertiary/aromatic N) is 1. The topological polar surface area (TPSA) is 85.1 Å². The fourth-order valence-corrected chi connectivity index (χ4v) is 4.52. The maximum absolute atomic E-state index is 13.0. The van der Waals surface area contributed by atoms with Crippen LogP contribution in [0, 0.1) is 0 Å². The fraction of sp³-hybridized carbons (Fsp3) is 0.267. The number of fused-ring (bicyclic) bond motifs is 1. The van der Waals surface area contributed by atoms with Crippen molar-refractivity contribution in [2.24, 2.45) is 0 Å². The second kappa shape index (κ2) is 13.0. The van der Waals surface area contributed by atoms with Gasteiger partial charge in [-0.1, -0.05) is 18.2 Å². The van der Waals surface area contributed by atoms with Gasteiger partial charge in [-0.2, -0.15) is 0 Å². The van der Waals surface area contributed by atoms with Crippen LogP contribution < -0.4 is 29.8 Å². The molecule has 8 nitrogen and oxygen atoms in total. The van der Waals surface area contributed by atoms with Crippen LogP contribution in [-0.2, 0) is 19.5 Å². The summed E-state index contributed by atoms with van der Waals surface area (Å²) in [6.07, 6.45) is 0.731. The molecule has 0 aliphatic heterocycles. The van der Waals surface area contributed by atoms with E-state index in [0.29, 0.717) is 47.6 Å². The SMILES string of the molecule is COc1ccc(CN(Cc2cc3ccc(OC)cc3[nH]c2=O)C(=S)NCCc2ccc(OC)c(OC)c2)cc1. The van der Waals surface area contributed by atoms with Gasteiger partial charge in [-0.05, 0) is 77.6 Å². The number of H-pyrrole nitrogens is 1. The number of rotatable bonds is 11. The number of ether oxygens (including phenoxy) is 4. The van der Waals surface area contributed by atoms with E-state index in [-0.39, 0.29) is 5.56 Å². The average Bonchev–Trinajstić information content (AvgIpc) is 2.97. The van der Waals surface area contributed by atoms with Gasteiger partial charge in [0.15, 0.2) is 16.6 Å². The Morgan fingerprint density at radius 3 is 2.18 bits per heavy atom. The van der Waals surface area contributed by atoms with Gasteiger partial charge < -0.3 is 34.1 Å². The van der Waals surface area contributed by atoms with Crippen molar-refractivity contribution in [2.45, 2.75) is 19.5 Å². The maximum Gasteiger partial charge on any atom is 0.253 e. The number of thiocarbonyl (C=S) groups is 1. The predicted molar refractivity (Wildman–Crippen MR) is 157 cm³/mol. The zero-order valence-corrected chi connectivity index (χ0v) is 23.4. The summed E-state index contributed by atoms with van der Waals surface area (Å²) < 4.78 is 21.3. The average molecular weight is 548 g/mol. The molecule has 0 atom stereocenters. The number of nitrogens with one attached hydrogen (secondary N) is 2. The first kappa shape index (κ1) is 27.8. The van der Waals surface area contributed by atoms with E-state index in [1.807, 2.05) is 71.6 Å². The van der Waals surface area contributed by atoms with Gasteiger partial charge in [-0.25, -0.2) is 0 Å². The Labute approximate surface area is 233 Å². The molecule has 39 heavy (non-hydrogen) atoms. The third-order valence-electron chi connectivity index (χ3n) is 6.45. The summed E-state index contributed by atoms with van der Waals surface area (Å²) in [5.74, 6) is 2.84. The van der Waals surface area contributed by atoms with Crippen LogP contribution in [-0.4, -0.2) is 50.0 Å². The van der Waals surface area contributed by atoms with E-state index < -0.39 is 0 Å². The summed E-state index contributed by atoms with van der Waals surface area (Å²) in [4.78, 5) is 18.0. The molecule has 0 unspecified atom stereocenters. The molecule has 0 amide bonds. The lowest BCUT2D eigenvalue weighted by Crippen LogP contribution is -2.40. The molecule has 0 saturated heterocycles. The monoisotopic (exact) mass is 547 g/mol. The molecule has 1 heterocycles. The summed E-state index contributed by atoms with van der Waals surface area (Å²) in [7, 11) is 6.48. The van der Waals surface area contributed by atoms with Gasteiger partial charge in [0.1, 0.15) is 11.5 Å². The molecule has 4 rings (SSSR count). The number of hydrogen-bond acceptors (Lipinski definition) is 6. The number of methoxy groups -OCH3 is 4. The van der Waals surface area contributed by atoms with E-state index in [1.165, 1.54) is 0 Å². The molecule has 0 fully saturated rings. The zero-order valence-electron chi connectivity index (χ0n) is 22.6. The van der Waals surface area contributed by atoms with E-state index in [4.69, 9.17) is 31.2 Å². The highest BCUT2D eigenvalue weighted by Crippen LogP contribution is 2.27. The molecule has 3 aromatic carbocycles. The number of hydrogen-bond donors (Lipinski definition) is 2. The Bertz CT molecular complexity index is 1490. The van der Waals surface area contributed by atoms with Crippen LogP contribution in [0.15, 0.2) is 71.5 Å². The van der Waals surface area contributed by atoms with Crippen molar-refractivity contribution in [2.75, 3.05) is 35.0 Å². The molecule has 4 aromatic rings. The Morgan fingerprint density at radius 2 is 1.49 bits per heavy atom. The van der Waals surface area contributed by atoms with Gasteiger partial charge in [-0.15, -0.1) is 0 Å². The Kier molecular flexibility index (Phi) is 9.27. The molecule has 1 aromatic heterocycles. The van der Waals surface area contributed by atoms with E-state index in [0.717, 1.165) is 34.2 Å². The van der Waals surface area contributed by atoms with Gasteiger partial charge in [0.05, 0.1) is 40.5 Å². The minimum atomic E-state index is -0.163. The van der Waals surface area contributed by atoms with Crippen molar-refractivity contribution in [3.05, 3.63) is 93.8 Å². The van der Waals surface area contributed by atoms with E-state index in [2.05, 4.69) is 10.3 Å². The lowest BCUT2D eigenvalue weighted by Gasteiger charge is -2.26. The van der Waals surface area contributed by atoms with Crippen molar-refractivity contribution in [1.82, 2.24) is 15.2 Å². The smallest absolute Gasteiger partial charge is 0.253 e. The van der Waals surface area contributed by atoms with Crippen molar-refractivity contribution >= 4 is 28.2 Å². The molecule has 0 radical (unpaired) electrons. The molecule has 0 saturated carbocycles. The van der Waals surface area contributed by atoms with Crippen molar-refractivity contribution in [3.8, 4) is 23.0 Å². The Balaban J connectivity index is 1.52. The molecule has 2 N–H and O–H groups in total. The van der Waals surface area contributed by atoms with Crippen LogP contribution in [0.1, 0.15) is 16.7 Å². The number of benzene rings is 3. The van der Waals surface area contributed by atoms with Crippen LogP contribution in [0.25, 0.3) is 10.9 Å². The summed E-state index contributed by atoms with van der Waals surface area (Å²) >= 11 is 5.81. The van der Waals surface area contributed by atoms with Gasteiger partial charge in [0, 0.05) is 24.7 Å². The first-order chi connectivity index (χ1) is 18.9. The molecule has 9 heteroatoms. The van der Waals surface area contributed by atoms with E-state index in [9.17, 15) is 4.79 Å². The van der Waals surface area contributed by atoms with Crippen LogP contribution in [0.5, 0.6) is 23.0 Å². The van der Waals surface area contributed by atoms with Crippen molar-refractivity contribution in [1.29, 1.82) is 0 Å². The highest BCUT2D eigenvalue weighted by atomic mass is 32.1. The van der Waals surface area contributed by atoms with Crippen molar-refractivity contribution < 1.29 is 18.9 Å². The largest absolute Gasteiger partial charge is 0.497 e. The zero-order chi connectivity index (χ0) is 27.8. The lowest BCUT2D eigenvalue weighted by atomic mass is 10.1. The second-order valence-corrected chi connectivity index (χ2v) is 9.34. The van der Waals surface area contributed by atoms with Gasteiger partial charge in [0.2, 0.25) is 0 Å². The number of pyridine rings is 1. The van der Waals surface area contributed by atoms with Crippen LogP contribution in [0.2, 0.25) is 0 Å². The highest BCUT2D eigenvalue weighted by molar-refractivity contribution is 7.80. The molecule has 0 aliphatic rings. The third kappa shape index (κ3) is 7.00. The summed E-state index contributed by atoms with van der Waals surface area (Å²) in [5, 5.41) is 4.84. The minimum absolute atomic E-state index is 0.163. The minimum Gasteiger partial charge on any atom is -0.497 e. The Morgan fingerprint density at radius 1 is 0.795 bits per heavy atom. The maximum atomic E-state index is 13.0. The molecular weight excluding hydrogens is 514 g/mol. The summed E-state index contributed by atoms with van der Waals surface area (Å²) in [6.45, 7) is 1.47. The summed E-state index contributed by atoms with van der Waals surface area (Å²) in [5.41, 5.74) is 3.31. The molecule has 0 aliphatic carbocycles. The normalized spacial score (nSPS) is 10.7. The summed E-state index contributed by atoms with van der Waals surface area (Å²) in [6, 6.07) is 21.2. The molecule has 204 valence electrons. The molecular formula is C30H33N3O5S. The third-order valence-corrected chi connectivity index (χ3v) is 6.85. The lowest BCUT2D eigenvalue weighted by molar-refractivity contribution is 0.354. The van der Waals surface area contributed by atoms with Crippen LogP contribution >= 0.6 is 12.2 Å². The van der Waals surface area contributed by atoms with Gasteiger partial charge in [-0.3, -0.25) is 4.79 Å². The van der Waals surface area contributed by atoms with Gasteiger partial charge in [0.25, 0.3) is 5.56 Å². The highest BCUT2D eigenvalue weighted by Gasteiger charge is 2.15. The quantitative estimate of drug-likeness (QED) is 0.262. The Hall–Kier alpha value is -4.24. The fourth-order valence-electron chi connectivity index (χ4n) is 4.29. The molecule has 0 bridgehead atoms. The molecule has 0 spiro atoms. The number of aromatic nitrogens is 1. The van der Waals surface area contributed by atoms with E-state index in [1.54, 1.807) is 28.4 Å². The number of aromatic amines is 1. The van der Waals surface area contributed by atoms with Gasteiger partial charge >= 0.3 is 0 Å². The van der Waals surface area contributed by atoms with Crippen LogP contribution in [0.3, 0.4) is 0 Å². The standard InChI is InChI=1S/C30H33N3O5S/c1-35-24-9-5-21(6-10-24)18-33(19-23-16-22-8-11-25(36-2)17-26(22)32-29(23)34)30(39)31-14-13-20-7-12-27(37-3)28(15-20)38-4/h5-12,15-17H,13-14,18-19H2,1-4H3,(H,31,39)(H,32,34). The predicted octanol–water partition coefficient (Wildman–Crippen LogP) is 4.68. The second-order valence-electron chi connectivity index (χ2n) is 8.95. The first-order valence-corrected chi connectivity index (χ1v) is 12.9. The van der Waals surface area contributed by atoms with Crippen LogP contribution in [0.4, 0.5) is 0 Å². The van der Waals surface area contributed by atoms with Crippen molar-refractivity contribution in [3.63, 3.8) is 0 Å².